The number of hydrogen-bond donors (Lipinski definition) is 0. The summed E-state index contributed by atoms with van der Waals surface area (Å²) in [6.07, 6.45) is 1.79. The molecule has 0 unspecified atom stereocenters. The van der Waals surface area contributed by atoms with Gasteiger partial charge in [-0.15, -0.1) is 10.2 Å². The Morgan fingerprint density at radius 1 is 0.880 bits per heavy atom. The van der Waals surface area contributed by atoms with Gasteiger partial charge in [0.2, 0.25) is 0 Å². The van der Waals surface area contributed by atoms with E-state index in [1.165, 1.54) is 16.7 Å². The minimum atomic E-state index is 0.838. The van der Waals surface area contributed by atoms with Crippen molar-refractivity contribution in [3.8, 4) is 17.1 Å². The smallest absolute Gasteiger partial charge is 0.170 e. The molecule has 0 N–H and O–H groups in total. The van der Waals surface area contributed by atoms with Gasteiger partial charge in [-0.1, -0.05) is 24.3 Å². The van der Waals surface area contributed by atoms with Crippen molar-refractivity contribution in [3.63, 3.8) is 0 Å². The van der Waals surface area contributed by atoms with Crippen LogP contribution in [0.15, 0.2) is 36.7 Å². The lowest BCUT2D eigenvalue weighted by atomic mass is 10.1. The fourth-order valence-electron chi connectivity index (χ4n) is 3.51. The van der Waals surface area contributed by atoms with Crippen molar-refractivity contribution in [2.24, 2.45) is 7.05 Å². The number of benzene rings is 2. The second-order valence-electron chi connectivity index (χ2n) is 6.61. The summed E-state index contributed by atoms with van der Waals surface area (Å²) in [4.78, 5) is 4.73. The molecule has 2 aromatic carbocycles. The lowest BCUT2D eigenvalue weighted by Crippen LogP contribution is -2.03. The van der Waals surface area contributed by atoms with Crippen LogP contribution in [0.2, 0.25) is 0 Å². The van der Waals surface area contributed by atoms with Crippen LogP contribution in [-0.2, 0) is 7.05 Å². The Morgan fingerprint density at radius 3 is 2.32 bits per heavy atom. The molecule has 0 radical (unpaired) electrons. The molecule has 0 atom stereocenters. The Labute approximate surface area is 147 Å². The zero-order valence-corrected chi connectivity index (χ0v) is 15.2. The molecule has 4 rings (SSSR count). The monoisotopic (exact) mass is 331 g/mol. The predicted octanol–water partition coefficient (Wildman–Crippen LogP) is 4.05. The number of hydrogen-bond acceptors (Lipinski definition) is 3. The van der Waals surface area contributed by atoms with Gasteiger partial charge in [0, 0.05) is 12.6 Å². The van der Waals surface area contributed by atoms with E-state index in [0.29, 0.717) is 0 Å². The molecule has 0 saturated heterocycles. The van der Waals surface area contributed by atoms with Crippen LogP contribution >= 0.6 is 0 Å². The summed E-state index contributed by atoms with van der Waals surface area (Å²) in [6, 6.07) is 10.5. The number of aromatic nitrogens is 5. The molecule has 0 amide bonds. The molecule has 126 valence electrons. The van der Waals surface area contributed by atoms with Crippen LogP contribution < -0.4 is 0 Å². The lowest BCUT2D eigenvalue weighted by molar-refractivity contribution is 0.885. The van der Waals surface area contributed by atoms with Gasteiger partial charge >= 0.3 is 0 Å². The largest absolute Gasteiger partial charge is 0.331 e. The highest BCUT2D eigenvalue weighted by Crippen LogP contribution is 2.32. The van der Waals surface area contributed by atoms with E-state index in [-0.39, 0.29) is 0 Å². The number of rotatable bonds is 2. The van der Waals surface area contributed by atoms with Gasteiger partial charge in [-0.05, 0) is 50.5 Å². The van der Waals surface area contributed by atoms with Crippen LogP contribution in [0, 0.1) is 27.7 Å². The zero-order valence-electron chi connectivity index (χ0n) is 15.2. The molecule has 4 aromatic rings. The van der Waals surface area contributed by atoms with Gasteiger partial charge < -0.3 is 4.57 Å². The first-order chi connectivity index (χ1) is 12.0. The lowest BCUT2D eigenvalue weighted by Gasteiger charge is -2.14. The molecule has 5 nitrogen and oxygen atoms in total. The normalized spacial score (nSPS) is 11.4. The van der Waals surface area contributed by atoms with Crippen molar-refractivity contribution in [1.29, 1.82) is 0 Å². The number of para-hydroxylation sites is 1. The summed E-state index contributed by atoms with van der Waals surface area (Å²) in [5.41, 5.74) is 7.86. The summed E-state index contributed by atoms with van der Waals surface area (Å²) in [6.45, 7) is 8.35. The molecule has 2 heterocycles. The summed E-state index contributed by atoms with van der Waals surface area (Å²) < 4.78 is 4.21. The van der Waals surface area contributed by atoms with E-state index in [1.807, 2.05) is 14.0 Å². The van der Waals surface area contributed by atoms with Crippen molar-refractivity contribution in [1.82, 2.24) is 24.3 Å². The quantitative estimate of drug-likeness (QED) is 0.556. The van der Waals surface area contributed by atoms with Gasteiger partial charge in [-0.25, -0.2) is 4.98 Å². The number of nitrogens with zero attached hydrogens (tertiary/aromatic N) is 5. The third-order valence-corrected chi connectivity index (χ3v) is 4.92. The average Bonchev–Trinajstić information content (AvgIpc) is 3.15. The van der Waals surface area contributed by atoms with Crippen molar-refractivity contribution in [3.05, 3.63) is 59.2 Å². The van der Waals surface area contributed by atoms with Gasteiger partial charge in [0.05, 0.1) is 16.7 Å². The Bertz CT molecular complexity index is 1080. The molecule has 0 spiro atoms. The molecular weight excluding hydrogens is 310 g/mol. The number of aryl methyl sites for hydroxylation is 5. The Balaban J connectivity index is 2.05. The first-order valence-electron chi connectivity index (χ1n) is 8.38. The van der Waals surface area contributed by atoms with E-state index >= 15 is 0 Å². The Hall–Kier alpha value is -2.95. The van der Waals surface area contributed by atoms with E-state index in [0.717, 1.165) is 33.9 Å². The van der Waals surface area contributed by atoms with Gasteiger partial charge in [0.15, 0.2) is 5.82 Å². The van der Waals surface area contributed by atoms with E-state index < -0.39 is 0 Å². The summed E-state index contributed by atoms with van der Waals surface area (Å²) >= 11 is 0. The van der Waals surface area contributed by atoms with Crippen molar-refractivity contribution < 1.29 is 0 Å². The minimum absolute atomic E-state index is 0.838. The van der Waals surface area contributed by atoms with E-state index in [2.05, 4.69) is 70.4 Å². The molecule has 0 saturated carbocycles. The number of fused-ring (bicyclic) bond motifs is 1. The third-order valence-electron chi connectivity index (χ3n) is 4.92. The van der Waals surface area contributed by atoms with Crippen LogP contribution in [0.3, 0.4) is 0 Å². The number of imidazole rings is 1. The average molecular weight is 331 g/mol. The fourth-order valence-corrected chi connectivity index (χ4v) is 3.51. The van der Waals surface area contributed by atoms with Crippen LogP contribution in [0.5, 0.6) is 0 Å². The Morgan fingerprint density at radius 2 is 1.60 bits per heavy atom. The fraction of sp³-hybridized carbons (Fsp3) is 0.250. The molecule has 0 aliphatic rings. The Kier molecular flexibility index (Phi) is 3.46. The first-order valence-corrected chi connectivity index (χ1v) is 8.38. The molecule has 0 aliphatic heterocycles. The topological polar surface area (TPSA) is 48.5 Å². The molecular formula is C20H21N5. The second-order valence-corrected chi connectivity index (χ2v) is 6.61. The zero-order chi connectivity index (χ0) is 17.7. The van der Waals surface area contributed by atoms with Crippen LogP contribution in [0.1, 0.15) is 22.5 Å². The third kappa shape index (κ3) is 2.27. The van der Waals surface area contributed by atoms with Crippen molar-refractivity contribution in [2.75, 3.05) is 0 Å². The second kappa shape index (κ2) is 5.55. The summed E-state index contributed by atoms with van der Waals surface area (Å²) in [5, 5.41) is 8.65. The first kappa shape index (κ1) is 15.6. The van der Waals surface area contributed by atoms with Crippen LogP contribution in [-0.4, -0.2) is 24.3 Å². The molecule has 0 aliphatic carbocycles. The van der Waals surface area contributed by atoms with Crippen LogP contribution in [0.4, 0.5) is 0 Å². The van der Waals surface area contributed by atoms with Crippen molar-refractivity contribution >= 4 is 11.0 Å². The van der Waals surface area contributed by atoms with Gasteiger partial charge in [0.25, 0.3) is 0 Å². The van der Waals surface area contributed by atoms with E-state index in [9.17, 15) is 0 Å². The van der Waals surface area contributed by atoms with Crippen LogP contribution in [0.25, 0.3) is 28.1 Å². The highest BCUT2D eigenvalue weighted by molar-refractivity contribution is 5.93. The molecule has 0 fully saturated rings. The van der Waals surface area contributed by atoms with E-state index in [4.69, 9.17) is 4.98 Å². The molecule has 5 heteroatoms. The summed E-state index contributed by atoms with van der Waals surface area (Å²) in [7, 11) is 2.05. The van der Waals surface area contributed by atoms with Gasteiger partial charge in [-0.2, -0.15) is 0 Å². The molecule has 25 heavy (non-hydrogen) atoms. The maximum absolute atomic E-state index is 4.73. The highest BCUT2D eigenvalue weighted by atomic mass is 15.3. The van der Waals surface area contributed by atoms with Gasteiger partial charge in [0.1, 0.15) is 12.2 Å². The molecule has 2 aromatic heterocycles. The van der Waals surface area contributed by atoms with Crippen molar-refractivity contribution in [2.45, 2.75) is 27.7 Å². The minimum Gasteiger partial charge on any atom is -0.331 e. The summed E-state index contributed by atoms with van der Waals surface area (Å²) in [5.74, 6) is 1.83. The standard InChI is InChI=1S/C20H21N5/c1-12-9-10-16(19-17(12)22-15(4)24(19)5)20-23-21-11-25(20)18-13(2)7-6-8-14(18)3/h6-11H,1-5H3. The van der Waals surface area contributed by atoms with E-state index in [1.54, 1.807) is 6.33 Å². The predicted molar refractivity (Wildman–Crippen MR) is 100 cm³/mol. The maximum Gasteiger partial charge on any atom is 0.170 e. The highest BCUT2D eigenvalue weighted by Gasteiger charge is 2.19. The molecule has 0 bridgehead atoms. The van der Waals surface area contributed by atoms with Gasteiger partial charge in [-0.3, -0.25) is 4.57 Å². The SMILES string of the molecule is Cc1cccc(C)c1-n1cnnc1-c1ccc(C)c2nc(C)n(C)c12. The maximum atomic E-state index is 4.73.